The lowest BCUT2D eigenvalue weighted by molar-refractivity contribution is -0.126. The molecule has 1 atom stereocenters. The molecule has 1 saturated heterocycles. The van der Waals surface area contributed by atoms with Gasteiger partial charge in [-0.25, -0.2) is 4.39 Å². The monoisotopic (exact) mass is 336 g/mol. The number of aliphatic hydroxyl groups is 1. The molecule has 1 aromatic rings. The predicted octanol–water partition coefficient (Wildman–Crippen LogP) is 1.70. The van der Waals surface area contributed by atoms with Crippen LogP contribution in [0.4, 0.5) is 4.39 Å². The van der Waals surface area contributed by atoms with Crippen LogP contribution in [0.2, 0.25) is 0 Å². The fourth-order valence-corrected chi connectivity index (χ4v) is 3.24. The highest BCUT2D eigenvalue weighted by atomic mass is 19.1. The Bertz CT molecular complexity index is 562. The van der Waals surface area contributed by atoms with Gasteiger partial charge in [0.15, 0.2) is 0 Å². The van der Waals surface area contributed by atoms with E-state index in [2.05, 4.69) is 5.32 Å². The van der Waals surface area contributed by atoms with Gasteiger partial charge in [0.25, 0.3) is 0 Å². The first kappa shape index (κ1) is 17.2. The summed E-state index contributed by atoms with van der Waals surface area (Å²) in [5, 5.41) is 13.8. The van der Waals surface area contributed by atoms with Gasteiger partial charge in [-0.2, -0.15) is 0 Å². The number of hydrogen-bond acceptors (Lipinski definition) is 4. The van der Waals surface area contributed by atoms with Crippen LogP contribution in [-0.2, 0) is 4.79 Å². The second kappa shape index (κ2) is 7.49. The molecule has 6 heteroatoms. The van der Waals surface area contributed by atoms with Crippen LogP contribution in [0.3, 0.4) is 0 Å². The molecular formula is C18H25FN2O3. The average molecular weight is 336 g/mol. The standard InChI is InChI=1S/C18H25FN2O3/c19-14-5-7-16(8-6-14)24-13-18(23)9-2-10-21(12-18)11-17(22)20-15-3-1-4-15/h5-8,15,23H,1-4,9-13H2,(H,20,22)/t18-/m1/s1. The van der Waals surface area contributed by atoms with E-state index in [9.17, 15) is 14.3 Å². The van der Waals surface area contributed by atoms with Gasteiger partial charge in [-0.3, -0.25) is 9.69 Å². The largest absolute Gasteiger partial charge is 0.491 e. The van der Waals surface area contributed by atoms with E-state index in [1.54, 1.807) is 12.1 Å². The molecule has 1 aliphatic heterocycles. The van der Waals surface area contributed by atoms with Crippen molar-refractivity contribution < 1.29 is 19.0 Å². The van der Waals surface area contributed by atoms with Crippen LogP contribution < -0.4 is 10.1 Å². The number of β-amino-alcohol motifs (C(OH)–C–C–N with tert-alkyl or cyclic N) is 1. The Morgan fingerprint density at radius 1 is 1.33 bits per heavy atom. The lowest BCUT2D eigenvalue weighted by atomic mass is 9.92. The van der Waals surface area contributed by atoms with Gasteiger partial charge < -0.3 is 15.2 Å². The number of halogens is 1. The van der Waals surface area contributed by atoms with Crippen molar-refractivity contribution in [2.24, 2.45) is 0 Å². The summed E-state index contributed by atoms with van der Waals surface area (Å²) in [4.78, 5) is 14.0. The maximum atomic E-state index is 12.9. The summed E-state index contributed by atoms with van der Waals surface area (Å²) in [5.74, 6) is 0.246. The van der Waals surface area contributed by atoms with Crippen LogP contribution in [0, 0.1) is 5.82 Å². The zero-order valence-electron chi connectivity index (χ0n) is 13.8. The number of piperidine rings is 1. The van der Waals surface area contributed by atoms with Gasteiger partial charge in [0.1, 0.15) is 23.8 Å². The Hall–Kier alpha value is -1.66. The molecule has 24 heavy (non-hydrogen) atoms. The third-order valence-electron chi connectivity index (χ3n) is 4.79. The summed E-state index contributed by atoms with van der Waals surface area (Å²) < 4.78 is 18.5. The highest BCUT2D eigenvalue weighted by Gasteiger charge is 2.35. The summed E-state index contributed by atoms with van der Waals surface area (Å²) in [7, 11) is 0. The number of nitrogens with zero attached hydrogens (tertiary/aromatic N) is 1. The van der Waals surface area contributed by atoms with E-state index in [0.717, 1.165) is 25.8 Å². The van der Waals surface area contributed by atoms with E-state index in [1.807, 2.05) is 4.90 Å². The molecule has 1 aliphatic carbocycles. The third kappa shape index (κ3) is 4.68. The number of nitrogens with one attached hydrogen (secondary N) is 1. The highest BCUT2D eigenvalue weighted by molar-refractivity contribution is 5.78. The number of benzene rings is 1. The summed E-state index contributed by atoms with van der Waals surface area (Å²) in [6, 6.07) is 6.09. The Morgan fingerprint density at radius 3 is 2.75 bits per heavy atom. The molecule has 1 saturated carbocycles. The van der Waals surface area contributed by atoms with E-state index in [0.29, 0.717) is 31.3 Å². The average Bonchev–Trinajstić information content (AvgIpc) is 2.51. The van der Waals surface area contributed by atoms with E-state index >= 15 is 0 Å². The number of carbonyl (C=O) groups is 1. The summed E-state index contributed by atoms with van der Waals surface area (Å²) in [5.41, 5.74) is -0.983. The van der Waals surface area contributed by atoms with Gasteiger partial charge in [0.05, 0.1) is 6.54 Å². The van der Waals surface area contributed by atoms with E-state index < -0.39 is 5.60 Å². The van der Waals surface area contributed by atoms with Crippen molar-refractivity contribution in [3.8, 4) is 5.75 Å². The molecule has 1 aromatic carbocycles. The van der Waals surface area contributed by atoms with Crippen molar-refractivity contribution in [1.82, 2.24) is 10.2 Å². The summed E-state index contributed by atoms with van der Waals surface area (Å²) in [6.45, 7) is 1.66. The van der Waals surface area contributed by atoms with Crippen molar-refractivity contribution in [1.29, 1.82) is 0 Å². The Balaban J connectivity index is 1.47. The molecule has 0 unspecified atom stereocenters. The van der Waals surface area contributed by atoms with E-state index in [-0.39, 0.29) is 18.3 Å². The second-order valence-electron chi connectivity index (χ2n) is 6.98. The van der Waals surface area contributed by atoms with Crippen molar-refractivity contribution in [2.45, 2.75) is 43.7 Å². The van der Waals surface area contributed by atoms with Crippen LogP contribution in [0.15, 0.2) is 24.3 Å². The number of amides is 1. The quantitative estimate of drug-likeness (QED) is 0.830. The molecule has 0 bridgehead atoms. The fourth-order valence-electron chi connectivity index (χ4n) is 3.24. The minimum absolute atomic E-state index is 0.0309. The van der Waals surface area contributed by atoms with Crippen LogP contribution in [0.1, 0.15) is 32.1 Å². The lowest BCUT2D eigenvalue weighted by Crippen LogP contribution is -2.54. The summed E-state index contributed by atoms with van der Waals surface area (Å²) >= 11 is 0. The first-order valence-corrected chi connectivity index (χ1v) is 8.65. The van der Waals surface area contributed by atoms with Gasteiger partial charge in [-0.15, -0.1) is 0 Å². The molecule has 5 nitrogen and oxygen atoms in total. The number of hydrogen-bond donors (Lipinski definition) is 2. The minimum atomic E-state index is -0.983. The van der Waals surface area contributed by atoms with Crippen LogP contribution in [0.25, 0.3) is 0 Å². The van der Waals surface area contributed by atoms with E-state index in [1.165, 1.54) is 18.6 Å². The minimum Gasteiger partial charge on any atom is -0.491 e. The fraction of sp³-hybridized carbons (Fsp3) is 0.611. The van der Waals surface area contributed by atoms with E-state index in [4.69, 9.17) is 4.74 Å². The van der Waals surface area contributed by atoms with Gasteiger partial charge in [0.2, 0.25) is 5.91 Å². The van der Waals surface area contributed by atoms with Crippen molar-refractivity contribution in [3.05, 3.63) is 30.1 Å². The number of likely N-dealkylation sites (tertiary alicyclic amines) is 1. The molecule has 1 heterocycles. The molecule has 132 valence electrons. The Kier molecular flexibility index (Phi) is 5.36. The Morgan fingerprint density at radius 2 is 2.08 bits per heavy atom. The maximum absolute atomic E-state index is 12.9. The second-order valence-corrected chi connectivity index (χ2v) is 6.98. The van der Waals surface area contributed by atoms with Crippen LogP contribution in [0.5, 0.6) is 5.75 Å². The molecule has 2 aliphatic rings. The highest BCUT2D eigenvalue weighted by Crippen LogP contribution is 2.23. The molecule has 0 spiro atoms. The molecular weight excluding hydrogens is 311 g/mol. The van der Waals surface area contributed by atoms with Crippen molar-refractivity contribution in [3.63, 3.8) is 0 Å². The molecule has 0 aromatic heterocycles. The van der Waals surface area contributed by atoms with Gasteiger partial charge >= 0.3 is 0 Å². The van der Waals surface area contributed by atoms with Gasteiger partial charge in [-0.05, 0) is 62.9 Å². The van der Waals surface area contributed by atoms with Crippen molar-refractivity contribution in [2.75, 3.05) is 26.2 Å². The number of carbonyl (C=O) groups excluding carboxylic acids is 1. The zero-order chi connectivity index (χ0) is 17.0. The molecule has 1 amide bonds. The van der Waals surface area contributed by atoms with Gasteiger partial charge in [-0.1, -0.05) is 0 Å². The van der Waals surface area contributed by atoms with Crippen LogP contribution in [-0.4, -0.2) is 53.8 Å². The molecule has 2 N–H and O–H groups in total. The topological polar surface area (TPSA) is 61.8 Å². The third-order valence-corrected chi connectivity index (χ3v) is 4.79. The lowest BCUT2D eigenvalue weighted by Gasteiger charge is -2.39. The smallest absolute Gasteiger partial charge is 0.234 e. The van der Waals surface area contributed by atoms with Crippen molar-refractivity contribution >= 4 is 5.91 Å². The molecule has 2 fully saturated rings. The summed E-state index contributed by atoms with van der Waals surface area (Å²) in [6.07, 6.45) is 4.78. The molecule has 3 rings (SSSR count). The first-order valence-electron chi connectivity index (χ1n) is 8.65. The zero-order valence-corrected chi connectivity index (χ0v) is 13.8. The maximum Gasteiger partial charge on any atom is 0.234 e. The number of rotatable bonds is 6. The predicted molar refractivity (Wildman–Crippen MR) is 88.3 cm³/mol. The molecule has 0 radical (unpaired) electrons. The Labute approximate surface area is 141 Å². The van der Waals surface area contributed by atoms with Crippen LogP contribution >= 0.6 is 0 Å². The number of ether oxygens (including phenoxy) is 1. The first-order chi connectivity index (χ1) is 11.5. The normalized spacial score (nSPS) is 25.1. The SMILES string of the molecule is O=C(CN1CCC[C@](O)(COc2ccc(F)cc2)C1)NC1CCC1. The van der Waals surface area contributed by atoms with Gasteiger partial charge in [0, 0.05) is 12.6 Å².